The Morgan fingerprint density at radius 2 is 1.15 bits per heavy atom. The van der Waals surface area contributed by atoms with Crippen molar-refractivity contribution in [2.75, 3.05) is 0 Å². The smallest absolute Gasteiger partial charge is 0.311 e. The van der Waals surface area contributed by atoms with E-state index in [1.807, 2.05) is 0 Å². The van der Waals surface area contributed by atoms with Gasteiger partial charge in [0.25, 0.3) is 0 Å². The molecule has 0 aromatic carbocycles. The molecule has 3 unspecified atom stereocenters. The van der Waals surface area contributed by atoms with Crippen LogP contribution in [-0.2, 0) is 9.59 Å². The van der Waals surface area contributed by atoms with Gasteiger partial charge in [0.15, 0.2) is 0 Å². The number of aliphatic carboxylic acids is 2. The minimum atomic E-state index is -0.992. The summed E-state index contributed by atoms with van der Waals surface area (Å²) in [4.78, 5) is 25.8. The molecule has 8 rings (SSSR count). The summed E-state index contributed by atoms with van der Waals surface area (Å²) in [5.74, 6) is 2.11. The van der Waals surface area contributed by atoms with Gasteiger partial charge in [-0.1, -0.05) is 0 Å². The van der Waals surface area contributed by atoms with Crippen LogP contribution in [0.25, 0.3) is 0 Å². The fourth-order valence-corrected chi connectivity index (χ4v) is 10.2. The Bertz CT molecular complexity index is 642. The normalized spacial score (nSPS) is 58.9. The summed E-state index contributed by atoms with van der Waals surface area (Å²) in [5.41, 5.74) is -1.98. The van der Waals surface area contributed by atoms with E-state index in [2.05, 4.69) is 0 Å². The maximum absolute atomic E-state index is 13.1. The zero-order chi connectivity index (χ0) is 17.8. The molecular weight excluding hydrogens is 328 g/mol. The fraction of sp³-hybridized carbons (Fsp3) is 0.909. The number of hydrogen-bond acceptors (Lipinski definition) is 2. The van der Waals surface area contributed by atoms with Crippen LogP contribution in [0.15, 0.2) is 0 Å². The van der Waals surface area contributed by atoms with E-state index in [9.17, 15) is 19.8 Å². The second-order valence-electron chi connectivity index (χ2n) is 11.1. The number of carbonyl (C=O) groups is 2. The molecule has 8 fully saturated rings. The lowest BCUT2D eigenvalue weighted by atomic mass is 9.31. The summed E-state index contributed by atoms with van der Waals surface area (Å²) in [6, 6.07) is 0. The number of carboxylic acid groups (broad SMARTS) is 2. The standard InChI is InChI=1S/C22H30O4/c23-19(24)21-9-13-2-14(10-21)8-17(7-13)22(21,20(25)26)18-15-3-11-1-12(5-15)6-16(18)4-11/h11-18H,1-10H2,(H,23,24)(H,25,26). The van der Waals surface area contributed by atoms with Gasteiger partial charge in [-0.2, -0.15) is 0 Å². The van der Waals surface area contributed by atoms with Gasteiger partial charge >= 0.3 is 11.9 Å². The quantitative estimate of drug-likeness (QED) is 0.798. The first-order valence-corrected chi connectivity index (χ1v) is 10.9. The number of carboxylic acids is 2. The fourth-order valence-electron chi connectivity index (χ4n) is 10.2. The molecule has 8 saturated carbocycles. The first kappa shape index (κ1) is 15.9. The molecule has 4 heteroatoms. The van der Waals surface area contributed by atoms with Crippen LogP contribution in [0.4, 0.5) is 0 Å². The molecule has 142 valence electrons. The lowest BCUT2D eigenvalue weighted by Gasteiger charge is -2.70. The molecule has 26 heavy (non-hydrogen) atoms. The van der Waals surface area contributed by atoms with Gasteiger partial charge in [-0.3, -0.25) is 9.59 Å². The molecular formula is C22H30O4. The minimum absolute atomic E-state index is 0.102. The zero-order valence-electron chi connectivity index (χ0n) is 15.4. The van der Waals surface area contributed by atoms with Crippen LogP contribution >= 0.6 is 0 Å². The first-order chi connectivity index (χ1) is 12.4. The third-order valence-corrected chi connectivity index (χ3v) is 10.1. The van der Waals surface area contributed by atoms with Gasteiger partial charge in [-0.25, -0.2) is 0 Å². The van der Waals surface area contributed by atoms with Crippen molar-refractivity contribution in [2.24, 2.45) is 58.2 Å². The van der Waals surface area contributed by atoms with Crippen LogP contribution in [0.5, 0.6) is 0 Å². The molecule has 0 heterocycles. The summed E-state index contributed by atoms with van der Waals surface area (Å²) >= 11 is 0. The van der Waals surface area contributed by atoms with E-state index in [1.165, 1.54) is 32.1 Å². The monoisotopic (exact) mass is 358 g/mol. The van der Waals surface area contributed by atoms with Crippen molar-refractivity contribution in [3.63, 3.8) is 0 Å². The summed E-state index contributed by atoms with van der Waals surface area (Å²) in [5, 5.41) is 21.2. The second kappa shape index (κ2) is 4.86. The lowest BCUT2D eigenvalue weighted by Crippen LogP contribution is -2.71. The van der Waals surface area contributed by atoms with Gasteiger partial charge in [0.1, 0.15) is 0 Å². The molecule has 0 aromatic rings. The molecule has 0 aromatic heterocycles. The third-order valence-electron chi connectivity index (χ3n) is 10.1. The predicted octanol–water partition coefficient (Wildman–Crippen LogP) is 4.04. The molecule has 8 bridgehead atoms. The molecule has 2 N–H and O–H groups in total. The Balaban J connectivity index is 1.54. The highest BCUT2D eigenvalue weighted by molar-refractivity contribution is 5.88. The van der Waals surface area contributed by atoms with Crippen molar-refractivity contribution in [3.05, 3.63) is 0 Å². The largest absolute Gasteiger partial charge is 0.481 e. The molecule has 4 nitrogen and oxygen atoms in total. The van der Waals surface area contributed by atoms with E-state index in [-0.39, 0.29) is 11.8 Å². The molecule has 8 aliphatic carbocycles. The zero-order valence-corrected chi connectivity index (χ0v) is 15.4. The van der Waals surface area contributed by atoms with E-state index in [4.69, 9.17) is 0 Å². The maximum Gasteiger partial charge on any atom is 0.311 e. The average molecular weight is 358 g/mol. The van der Waals surface area contributed by atoms with E-state index in [1.54, 1.807) is 0 Å². The van der Waals surface area contributed by atoms with Crippen molar-refractivity contribution in [2.45, 2.75) is 64.2 Å². The van der Waals surface area contributed by atoms with Crippen LogP contribution in [0.1, 0.15) is 64.2 Å². The summed E-state index contributed by atoms with van der Waals surface area (Å²) in [7, 11) is 0. The molecule has 0 amide bonds. The van der Waals surface area contributed by atoms with Gasteiger partial charge in [-0.05, 0) is 112 Å². The van der Waals surface area contributed by atoms with Crippen molar-refractivity contribution >= 4 is 11.9 Å². The van der Waals surface area contributed by atoms with Gasteiger partial charge in [-0.15, -0.1) is 0 Å². The molecule has 0 radical (unpaired) electrons. The SMILES string of the molecule is O=C(O)C12CC3CC(CC(C3)C1(C(=O)O)C1C3CC4CC(C3)CC1C4)C2. The van der Waals surface area contributed by atoms with Crippen LogP contribution in [0.3, 0.4) is 0 Å². The molecule has 0 spiro atoms. The predicted molar refractivity (Wildman–Crippen MR) is 94.2 cm³/mol. The van der Waals surface area contributed by atoms with Gasteiger partial charge < -0.3 is 10.2 Å². The Labute approximate surface area is 154 Å². The van der Waals surface area contributed by atoms with E-state index >= 15 is 0 Å². The highest BCUT2D eigenvalue weighted by Crippen LogP contribution is 2.75. The first-order valence-electron chi connectivity index (χ1n) is 10.9. The maximum atomic E-state index is 13.1. The van der Waals surface area contributed by atoms with E-state index < -0.39 is 22.8 Å². The van der Waals surface area contributed by atoms with Crippen molar-refractivity contribution in [1.82, 2.24) is 0 Å². The van der Waals surface area contributed by atoms with E-state index in [0.29, 0.717) is 36.5 Å². The van der Waals surface area contributed by atoms with Crippen LogP contribution in [0, 0.1) is 58.2 Å². The Hall–Kier alpha value is -1.06. The Kier molecular flexibility index (Phi) is 2.98. The number of rotatable bonds is 3. The van der Waals surface area contributed by atoms with Gasteiger partial charge in [0.05, 0.1) is 10.8 Å². The molecule has 0 saturated heterocycles. The van der Waals surface area contributed by atoms with Crippen LogP contribution < -0.4 is 0 Å². The Morgan fingerprint density at radius 1 is 0.654 bits per heavy atom. The van der Waals surface area contributed by atoms with Crippen molar-refractivity contribution < 1.29 is 19.8 Å². The van der Waals surface area contributed by atoms with Crippen molar-refractivity contribution in [3.8, 4) is 0 Å². The summed E-state index contributed by atoms with van der Waals surface area (Å²) in [6.07, 6.45) is 10.4. The van der Waals surface area contributed by atoms with Crippen LogP contribution in [-0.4, -0.2) is 22.2 Å². The highest BCUT2D eigenvalue weighted by Gasteiger charge is 2.77. The number of fused-ring (bicyclic) bond motifs is 1. The highest BCUT2D eigenvalue weighted by atomic mass is 16.4. The average Bonchev–Trinajstić information content (AvgIpc) is 2.55. The van der Waals surface area contributed by atoms with Crippen LogP contribution in [0.2, 0.25) is 0 Å². The topological polar surface area (TPSA) is 74.6 Å². The lowest BCUT2D eigenvalue weighted by molar-refractivity contribution is -0.253. The number of hydrogen-bond donors (Lipinski definition) is 2. The summed E-state index contributed by atoms with van der Waals surface area (Å²) < 4.78 is 0. The minimum Gasteiger partial charge on any atom is -0.481 e. The Morgan fingerprint density at radius 3 is 1.62 bits per heavy atom. The summed E-state index contributed by atoms with van der Waals surface area (Å²) in [6.45, 7) is 0. The third kappa shape index (κ3) is 1.64. The van der Waals surface area contributed by atoms with Crippen molar-refractivity contribution in [1.29, 1.82) is 0 Å². The van der Waals surface area contributed by atoms with E-state index in [0.717, 1.165) is 31.1 Å². The second-order valence-corrected chi connectivity index (χ2v) is 11.1. The van der Waals surface area contributed by atoms with Gasteiger partial charge in [0.2, 0.25) is 0 Å². The van der Waals surface area contributed by atoms with Gasteiger partial charge in [0, 0.05) is 0 Å². The molecule has 8 aliphatic rings. The molecule has 0 aliphatic heterocycles. The molecule has 3 atom stereocenters.